The molecule has 0 fully saturated rings. The number of methoxy groups -OCH3 is 1. The summed E-state index contributed by atoms with van der Waals surface area (Å²) in [6.07, 6.45) is -0.896. The van der Waals surface area contributed by atoms with Crippen LogP contribution in [-0.2, 0) is 9.53 Å². The van der Waals surface area contributed by atoms with Crippen molar-refractivity contribution in [2.24, 2.45) is 0 Å². The molecule has 0 aliphatic rings. The molecule has 2 aromatic rings. The minimum Gasteiger partial charge on any atom is -0.481 e. The maximum absolute atomic E-state index is 14.0. The fourth-order valence-corrected chi connectivity index (χ4v) is 1.96. The number of carbonyl (C=O) groups is 2. The molecule has 1 atom stereocenters. The quantitative estimate of drug-likeness (QED) is 0.844. The van der Waals surface area contributed by atoms with E-state index in [1.165, 1.54) is 26.2 Å². The molecule has 0 saturated carbocycles. The number of hydrogen-bond donors (Lipinski definition) is 1. The highest BCUT2D eigenvalue weighted by molar-refractivity contribution is 5.95. The van der Waals surface area contributed by atoms with Gasteiger partial charge in [0.05, 0.1) is 30.0 Å². The standard InChI is InChI=1S/C18H15FN2O4/c1-11(25-14-6-3-12(10-20)4-7-14)17(22)21-16-8-5-13(9-15(16)19)18(23)24-2/h3-9,11H,1-2H3,(H,21,22). The zero-order valence-electron chi connectivity index (χ0n) is 13.6. The molecule has 0 radical (unpaired) electrons. The molecule has 6 nitrogen and oxygen atoms in total. The molecule has 25 heavy (non-hydrogen) atoms. The Morgan fingerprint density at radius 2 is 1.88 bits per heavy atom. The van der Waals surface area contributed by atoms with Crippen molar-refractivity contribution < 1.29 is 23.5 Å². The lowest BCUT2D eigenvalue weighted by atomic mass is 10.2. The molecule has 0 saturated heterocycles. The van der Waals surface area contributed by atoms with Crippen LogP contribution in [0.15, 0.2) is 42.5 Å². The summed E-state index contributed by atoms with van der Waals surface area (Å²) >= 11 is 0. The minimum atomic E-state index is -0.896. The summed E-state index contributed by atoms with van der Waals surface area (Å²) in [5, 5.41) is 11.1. The van der Waals surface area contributed by atoms with E-state index in [0.29, 0.717) is 11.3 Å². The molecule has 2 rings (SSSR count). The van der Waals surface area contributed by atoms with Crippen molar-refractivity contribution in [3.63, 3.8) is 0 Å². The van der Waals surface area contributed by atoms with E-state index in [0.717, 1.165) is 6.07 Å². The van der Waals surface area contributed by atoms with Gasteiger partial charge < -0.3 is 14.8 Å². The normalized spacial score (nSPS) is 11.1. The Labute approximate surface area is 143 Å². The Morgan fingerprint density at radius 3 is 2.44 bits per heavy atom. The number of halogens is 1. The van der Waals surface area contributed by atoms with Gasteiger partial charge in [-0.2, -0.15) is 5.26 Å². The first-order valence-electron chi connectivity index (χ1n) is 7.30. The lowest BCUT2D eigenvalue weighted by molar-refractivity contribution is -0.122. The molecule has 0 bridgehead atoms. The molecule has 0 spiro atoms. The summed E-state index contributed by atoms with van der Waals surface area (Å²) in [6.45, 7) is 1.51. The van der Waals surface area contributed by atoms with Gasteiger partial charge in [0.25, 0.3) is 5.91 Å². The predicted octanol–water partition coefficient (Wildman–Crippen LogP) is 2.89. The van der Waals surface area contributed by atoms with Crippen LogP contribution in [0.1, 0.15) is 22.8 Å². The number of carbonyl (C=O) groups excluding carboxylic acids is 2. The molecule has 128 valence electrons. The Bertz CT molecular complexity index is 828. The molecule has 1 unspecified atom stereocenters. The van der Waals surface area contributed by atoms with Crippen molar-refractivity contribution in [1.82, 2.24) is 0 Å². The third kappa shape index (κ3) is 4.54. The molecule has 2 aromatic carbocycles. The molecular weight excluding hydrogens is 327 g/mol. The summed E-state index contributed by atoms with van der Waals surface area (Å²) in [5.41, 5.74) is 0.435. The molecule has 0 aliphatic carbocycles. The van der Waals surface area contributed by atoms with Gasteiger partial charge in [-0.3, -0.25) is 4.79 Å². The Balaban J connectivity index is 2.03. The van der Waals surface area contributed by atoms with E-state index >= 15 is 0 Å². The maximum atomic E-state index is 14.0. The van der Waals surface area contributed by atoms with Gasteiger partial charge in [-0.05, 0) is 49.4 Å². The third-order valence-electron chi connectivity index (χ3n) is 3.31. The van der Waals surface area contributed by atoms with Gasteiger partial charge in [0.1, 0.15) is 11.6 Å². The molecule has 1 amide bonds. The van der Waals surface area contributed by atoms with Gasteiger partial charge in [0, 0.05) is 0 Å². The molecule has 0 heterocycles. The number of esters is 1. The molecule has 0 aliphatic heterocycles. The van der Waals surface area contributed by atoms with E-state index in [1.54, 1.807) is 24.3 Å². The first kappa shape index (κ1) is 17.9. The zero-order chi connectivity index (χ0) is 18.4. The fraction of sp³-hybridized carbons (Fsp3) is 0.167. The van der Waals surface area contributed by atoms with Crippen LogP contribution in [0, 0.1) is 17.1 Å². The van der Waals surface area contributed by atoms with Crippen molar-refractivity contribution in [3.05, 3.63) is 59.4 Å². The predicted molar refractivity (Wildman–Crippen MR) is 87.6 cm³/mol. The number of anilines is 1. The summed E-state index contributed by atoms with van der Waals surface area (Å²) in [4.78, 5) is 23.5. The number of nitrogens with zero attached hydrogens (tertiary/aromatic N) is 1. The Morgan fingerprint density at radius 1 is 1.20 bits per heavy atom. The van der Waals surface area contributed by atoms with E-state index in [-0.39, 0.29) is 11.3 Å². The van der Waals surface area contributed by atoms with Crippen LogP contribution in [-0.4, -0.2) is 25.1 Å². The van der Waals surface area contributed by atoms with Crippen molar-refractivity contribution in [2.45, 2.75) is 13.0 Å². The van der Waals surface area contributed by atoms with Crippen LogP contribution in [0.25, 0.3) is 0 Å². The van der Waals surface area contributed by atoms with Crippen LogP contribution >= 0.6 is 0 Å². The summed E-state index contributed by atoms with van der Waals surface area (Å²) in [6, 6.07) is 11.8. The van der Waals surface area contributed by atoms with Crippen molar-refractivity contribution >= 4 is 17.6 Å². The largest absolute Gasteiger partial charge is 0.481 e. The minimum absolute atomic E-state index is 0.0416. The van der Waals surface area contributed by atoms with Crippen molar-refractivity contribution in [3.8, 4) is 11.8 Å². The first-order valence-corrected chi connectivity index (χ1v) is 7.30. The molecule has 1 N–H and O–H groups in total. The SMILES string of the molecule is COC(=O)c1ccc(NC(=O)C(C)Oc2ccc(C#N)cc2)c(F)c1. The molecule has 7 heteroatoms. The fourth-order valence-electron chi connectivity index (χ4n) is 1.96. The van der Waals surface area contributed by atoms with Crippen molar-refractivity contribution in [2.75, 3.05) is 12.4 Å². The number of hydrogen-bond acceptors (Lipinski definition) is 5. The lowest BCUT2D eigenvalue weighted by Gasteiger charge is -2.15. The van der Waals surface area contributed by atoms with Crippen molar-refractivity contribution in [1.29, 1.82) is 5.26 Å². The van der Waals surface area contributed by atoms with Crippen LogP contribution in [0.4, 0.5) is 10.1 Å². The highest BCUT2D eigenvalue weighted by Crippen LogP contribution is 2.18. The van der Waals surface area contributed by atoms with E-state index in [2.05, 4.69) is 10.1 Å². The zero-order valence-corrected chi connectivity index (χ0v) is 13.6. The molecule has 0 aromatic heterocycles. The number of amides is 1. The average molecular weight is 342 g/mol. The van der Waals surface area contributed by atoms with Crippen LogP contribution in [0.3, 0.4) is 0 Å². The Kier molecular flexibility index (Phi) is 5.69. The smallest absolute Gasteiger partial charge is 0.337 e. The van der Waals surface area contributed by atoms with E-state index in [4.69, 9.17) is 10.00 Å². The summed E-state index contributed by atoms with van der Waals surface area (Å²) in [7, 11) is 1.19. The topological polar surface area (TPSA) is 88.4 Å². The van der Waals surface area contributed by atoms with Crippen LogP contribution in [0.2, 0.25) is 0 Å². The van der Waals surface area contributed by atoms with E-state index in [9.17, 15) is 14.0 Å². The number of nitriles is 1. The monoisotopic (exact) mass is 342 g/mol. The van der Waals surface area contributed by atoms with Crippen LogP contribution in [0.5, 0.6) is 5.75 Å². The molecular formula is C18H15FN2O4. The lowest BCUT2D eigenvalue weighted by Crippen LogP contribution is -2.30. The van der Waals surface area contributed by atoms with Gasteiger partial charge in [0.15, 0.2) is 6.10 Å². The van der Waals surface area contributed by atoms with Crippen LogP contribution < -0.4 is 10.1 Å². The third-order valence-corrected chi connectivity index (χ3v) is 3.31. The summed E-state index contributed by atoms with van der Waals surface area (Å²) in [5.74, 6) is -1.59. The second-order valence-electron chi connectivity index (χ2n) is 5.07. The van der Waals surface area contributed by atoms with Gasteiger partial charge in [-0.1, -0.05) is 0 Å². The first-order chi connectivity index (χ1) is 11.9. The van der Waals surface area contributed by atoms with Gasteiger partial charge in [-0.15, -0.1) is 0 Å². The second-order valence-corrected chi connectivity index (χ2v) is 5.07. The average Bonchev–Trinajstić information content (AvgIpc) is 2.63. The highest BCUT2D eigenvalue weighted by atomic mass is 19.1. The van der Waals surface area contributed by atoms with E-state index in [1.807, 2.05) is 6.07 Å². The maximum Gasteiger partial charge on any atom is 0.337 e. The van der Waals surface area contributed by atoms with Gasteiger partial charge >= 0.3 is 5.97 Å². The number of benzene rings is 2. The summed E-state index contributed by atoms with van der Waals surface area (Å²) < 4.78 is 23.9. The Hall–Kier alpha value is -3.40. The second kappa shape index (κ2) is 7.93. The number of ether oxygens (including phenoxy) is 2. The van der Waals surface area contributed by atoms with E-state index < -0.39 is 23.8 Å². The number of rotatable bonds is 5. The number of nitrogens with one attached hydrogen (secondary N) is 1. The highest BCUT2D eigenvalue weighted by Gasteiger charge is 2.17. The van der Waals surface area contributed by atoms with Gasteiger partial charge in [0.2, 0.25) is 0 Å². The van der Waals surface area contributed by atoms with Gasteiger partial charge in [-0.25, -0.2) is 9.18 Å².